The van der Waals surface area contributed by atoms with Crippen LogP contribution in [0.25, 0.3) is 5.70 Å². The number of carbonyl (C=O) groups is 1. The van der Waals surface area contributed by atoms with Crippen molar-refractivity contribution in [2.75, 3.05) is 32.1 Å². The van der Waals surface area contributed by atoms with Gasteiger partial charge in [-0.1, -0.05) is 6.92 Å². The molecule has 4 rings (SSSR count). The Labute approximate surface area is 239 Å². The van der Waals surface area contributed by atoms with Crippen molar-refractivity contribution in [1.29, 1.82) is 0 Å². The first-order chi connectivity index (χ1) is 18.8. The minimum atomic E-state index is -0.368. The van der Waals surface area contributed by atoms with E-state index in [-0.39, 0.29) is 11.5 Å². The van der Waals surface area contributed by atoms with E-state index in [1.54, 1.807) is 18.4 Å². The van der Waals surface area contributed by atoms with Crippen LogP contribution < -0.4 is 16.0 Å². The molecule has 0 fully saturated rings. The number of nitrogens with zero attached hydrogens (tertiary/aromatic N) is 1. The van der Waals surface area contributed by atoms with Gasteiger partial charge in [-0.25, -0.2) is 0 Å². The topological polar surface area (TPSA) is 67.3 Å². The number of ether oxygens (including phenoxy) is 1. The van der Waals surface area contributed by atoms with Gasteiger partial charge in [0.1, 0.15) is 0 Å². The van der Waals surface area contributed by atoms with Crippen LogP contribution >= 0.6 is 11.3 Å². The first kappa shape index (κ1) is 29.6. The number of rotatable bonds is 10. The number of anilines is 1. The fourth-order valence-corrected chi connectivity index (χ4v) is 6.79. The second kappa shape index (κ2) is 13.8. The third-order valence-electron chi connectivity index (χ3n) is 7.95. The van der Waals surface area contributed by atoms with Crippen LogP contribution in [-0.4, -0.2) is 55.7 Å². The van der Waals surface area contributed by atoms with E-state index in [9.17, 15) is 4.79 Å². The molecule has 0 aromatic carbocycles. The molecular weight excluding hydrogens is 503 g/mol. The number of hydrogen-bond acceptors (Lipinski definition) is 4. The maximum atomic E-state index is 13.4. The molecule has 0 unspecified atom stereocenters. The van der Waals surface area contributed by atoms with E-state index in [0.29, 0.717) is 6.54 Å². The molecule has 210 valence electrons. The summed E-state index contributed by atoms with van der Waals surface area (Å²) in [6.45, 7) is 13.0. The van der Waals surface area contributed by atoms with Crippen LogP contribution in [0.5, 0.6) is 0 Å². The number of allylic oxidation sites excluding steroid dienone is 1. The second-order valence-electron chi connectivity index (χ2n) is 11.2. The second-order valence-corrected chi connectivity index (χ2v) is 12.3. The van der Waals surface area contributed by atoms with Gasteiger partial charge in [0.15, 0.2) is 0 Å². The summed E-state index contributed by atoms with van der Waals surface area (Å²) in [5.41, 5.74) is 7.41. The zero-order chi connectivity index (χ0) is 27.8. The fraction of sp³-hybridized carbons (Fsp3) is 0.548. The van der Waals surface area contributed by atoms with E-state index in [1.807, 2.05) is 12.1 Å². The number of aromatic nitrogens is 1. The monoisotopic (exact) mass is 548 g/mol. The SMILES string of the molecule is CCCC1=C(/C(CNC(=O)Nc2sc3c(c2C=BC(C)(C)OC)CCCCC3)=C(\C)n2cccc2)CCNC1. The first-order valence-corrected chi connectivity index (χ1v) is 15.3. The molecule has 39 heavy (non-hydrogen) atoms. The van der Waals surface area contributed by atoms with Crippen LogP contribution in [0.3, 0.4) is 0 Å². The number of hydrogen-bond donors (Lipinski definition) is 3. The van der Waals surface area contributed by atoms with E-state index in [4.69, 9.17) is 4.74 Å². The Hall–Kier alpha value is -2.42. The molecule has 2 amide bonds. The van der Waals surface area contributed by atoms with Crippen molar-refractivity contribution in [2.45, 2.75) is 84.6 Å². The Balaban J connectivity index is 1.59. The summed E-state index contributed by atoms with van der Waals surface area (Å²) in [5.74, 6) is 2.15. The van der Waals surface area contributed by atoms with E-state index < -0.39 is 0 Å². The molecule has 8 heteroatoms. The van der Waals surface area contributed by atoms with Gasteiger partial charge in [0.05, 0.1) is 0 Å². The Morgan fingerprint density at radius 3 is 2.72 bits per heavy atom. The Morgan fingerprint density at radius 2 is 1.97 bits per heavy atom. The summed E-state index contributed by atoms with van der Waals surface area (Å²) in [7, 11) is 1.73. The summed E-state index contributed by atoms with van der Waals surface area (Å²) in [6, 6.07) is 3.94. The molecule has 3 N–H and O–H groups in total. The van der Waals surface area contributed by atoms with Crippen LogP contribution in [0.15, 0.2) is 41.2 Å². The van der Waals surface area contributed by atoms with Gasteiger partial charge in [-0.05, 0) is 0 Å². The van der Waals surface area contributed by atoms with Gasteiger partial charge in [0.2, 0.25) is 0 Å². The molecule has 0 bridgehead atoms. The number of fused-ring (bicyclic) bond motifs is 1. The van der Waals surface area contributed by atoms with Crippen molar-refractivity contribution in [1.82, 2.24) is 15.2 Å². The average Bonchev–Trinajstić information content (AvgIpc) is 3.51. The van der Waals surface area contributed by atoms with Gasteiger partial charge in [0.25, 0.3) is 0 Å². The molecule has 0 atom stereocenters. The van der Waals surface area contributed by atoms with Gasteiger partial charge >= 0.3 is 233 Å². The first-order valence-electron chi connectivity index (χ1n) is 14.5. The number of nitrogens with one attached hydrogen (secondary N) is 3. The molecule has 0 saturated heterocycles. The molecular formula is C31H45BN4O2S. The van der Waals surface area contributed by atoms with Crippen molar-refractivity contribution >= 4 is 41.0 Å². The normalized spacial score (nSPS) is 16.9. The molecule has 3 heterocycles. The van der Waals surface area contributed by atoms with E-state index in [0.717, 1.165) is 55.8 Å². The number of carbonyl (C=O) groups excluding carboxylic acids is 1. The Bertz CT molecular complexity index is 1220. The third-order valence-corrected chi connectivity index (χ3v) is 9.18. The molecule has 0 radical (unpaired) electrons. The summed E-state index contributed by atoms with van der Waals surface area (Å²) < 4.78 is 7.79. The predicted molar refractivity (Wildman–Crippen MR) is 167 cm³/mol. The average molecular weight is 549 g/mol. The van der Waals surface area contributed by atoms with Crippen LogP contribution in [0.2, 0.25) is 0 Å². The number of urea groups is 1. The van der Waals surface area contributed by atoms with Crippen molar-refractivity contribution in [3.8, 4) is 0 Å². The third kappa shape index (κ3) is 7.62. The zero-order valence-corrected chi connectivity index (χ0v) is 25.2. The standard InChI is InChI=1S/C31H45BN4O2S/c1-6-12-23-20-33-16-15-24(23)27(22(2)36-17-10-11-18-36)21-34-30(37)35-29-26(19-32-31(3,4)38-5)25-13-8-7-9-14-28(25)39-29/h10-11,17-19,33H,6-9,12-16,20-21H2,1-5H3,(H2,34,35,37)/b27-22+. The molecule has 6 nitrogen and oxygen atoms in total. The molecule has 2 aliphatic rings. The number of methoxy groups -OCH3 is 1. The summed E-state index contributed by atoms with van der Waals surface area (Å²) >= 11 is 1.74. The Morgan fingerprint density at radius 1 is 1.21 bits per heavy atom. The van der Waals surface area contributed by atoms with Gasteiger partial charge < -0.3 is 0 Å². The molecule has 2 aromatic heterocycles. The Kier molecular flexibility index (Phi) is 10.4. The number of thiophene rings is 1. The summed E-state index contributed by atoms with van der Waals surface area (Å²) in [6.07, 6.45) is 13.1. The van der Waals surface area contributed by atoms with Crippen molar-refractivity contribution in [3.63, 3.8) is 0 Å². The van der Waals surface area contributed by atoms with E-state index in [2.05, 4.69) is 73.5 Å². The van der Waals surface area contributed by atoms with Crippen LogP contribution in [-0.2, 0) is 17.6 Å². The van der Waals surface area contributed by atoms with Crippen molar-refractivity contribution in [3.05, 3.63) is 57.2 Å². The van der Waals surface area contributed by atoms with Gasteiger partial charge in [0, 0.05) is 0 Å². The quantitative estimate of drug-likeness (QED) is 0.245. The van der Waals surface area contributed by atoms with Crippen LogP contribution in [0.4, 0.5) is 9.80 Å². The fourth-order valence-electron chi connectivity index (χ4n) is 5.51. The molecule has 1 aliphatic carbocycles. The van der Waals surface area contributed by atoms with Crippen molar-refractivity contribution < 1.29 is 9.53 Å². The molecule has 2 aromatic rings. The molecule has 1 aliphatic heterocycles. The van der Waals surface area contributed by atoms with Crippen LogP contribution in [0, 0.1) is 0 Å². The van der Waals surface area contributed by atoms with Crippen LogP contribution in [0.1, 0.15) is 82.2 Å². The zero-order valence-electron chi connectivity index (χ0n) is 24.4. The number of amides is 2. The molecule has 0 spiro atoms. The van der Waals surface area contributed by atoms with Gasteiger partial charge in [-0.3, -0.25) is 0 Å². The van der Waals surface area contributed by atoms with E-state index >= 15 is 0 Å². The predicted octanol–water partition coefficient (Wildman–Crippen LogP) is 6.20. The van der Waals surface area contributed by atoms with E-state index in [1.165, 1.54) is 52.1 Å². The summed E-state index contributed by atoms with van der Waals surface area (Å²) in [5, 5.41) is 10.9. The number of aryl methyl sites for hydroxylation is 1. The van der Waals surface area contributed by atoms with Gasteiger partial charge in [-0.2, -0.15) is 0 Å². The van der Waals surface area contributed by atoms with Crippen molar-refractivity contribution in [2.24, 2.45) is 0 Å². The summed E-state index contributed by atoms with van der Waals surface area (Å²) in [4.78, 5) is 14.8. The van der Waals surface area contributed by atoms with Gasteiger partial charge in [-0.15, -0.1) is 0 Å². The maximum absolute atomic E-state index is 13.4. The minimum absolute atomic E-state index is 0.156. The molecule has 0 saturated carbocycles.